The molecule has 1 unspecified atom stereocenters. The van der Waals surface area contributed by atoms with Crippen LogP contribution in [-0.2, 0) is 0 Å². The highest BCUT2D eigenvalue weighted by atomic mass is 32.1. The molecule has 0 spiro atoms. The number of hydrogen-bond donors (Lipinski definition) is 2. The Hall–Kier alpha value is -3.71. The van der Waals surface area contributed by atoms with Crippen LogP contribution in [-0.4, -0.2) is 23.1 Å². The summed E-state index contributed by atoms with van der Waals surface area (Å²) in [4.78, 5) is 17.2. The fraction of sp³-hybridized carbons (Fsp3) is 0.192. The van der Waals surface area contributed by atoms with E-state index in [-0.39, 0.29) is 11.0 Å². The molecular formula is C26H25N3O3S. The van der Waals surface area contributed by atoms with Crippen molar-refractivity contribution in [2.75, 3.05) is 12.4 Å². The molecule has 0 aliphatic carbocycles. The van der Waals surface area contributed by atoms with Crippen LogP contribution >= 0.6 is 12.2 Å². The van der Waals surface area contributed by atoms with Crippen molar-refractivity contribution >= 4 is 40.0 Å². The Kier molecular flexibility index (Phi) is 6.70. The van der Waals surface area contributed by atoms with E-state index in [1.165, 1.54) is 5.56 Å². The minimum atomic E-state index is -0.321. The normalized spacial score (nSPS) is 11.7. The van der Waals surface area contributed by atoms with Crippen LogP contribution in [0.15, 0.2) is 71.1 Å². The van der Waals surface area contributed by atoms with Gasteiger partial charge in [-0.05, 0) is 78.7 Å². The predicted octanol–water partition coefficient (Wildman–Crippen LogP) is 6.14. The van der Waals surface area contributed by atoms with Crippen molar-refractivity contribution < 1.29 is 13.9 Å². The first kappa shape index (κ1) is 22.5. The third-order valence-electron chi connectivity index (χ3n) is 5.52. The van der Waals surface area contributed by atoms with Gasteiger partial charge in [0.25, 0.3) is 5.91 Å². The maximum absolute atomic E-state index is 12.5. The van der Waals surface area contributed by atoms with Crippen molar-refractivity contribution in [2.24, 2.45) is 0 Å². The number of fused-ring (bicyclic) bond motifs is 1. The molecule has 1 amide bonds. The van der Waals surface area contributed by atoms with Crippen LogP contribution in [0.3, 0.4) is 0 Å². The van der Waals surface area contributed by atoms with Gasteiger partial charge in [-0.3, -0.25) is 10.1 Å². The Morgan fingerprint density at radius 1 is 1.12 bits per heavy atom. The van der Waals surface area contributed by atoms with Crippen molar-refractivity contribution in [3.8, 4) is 17.2 Å². The molecule has 1 heterocycles. The van der Waals surface area contributed by atoms with Crippen LogP contribution in [0.25, 0.3) is 22.6 Å². The molecule has 4 aromatic rings. The van der Waals surface area contributed by atoms with Crippen molar-refractivity contribution in [1.82, 2.24) is 10.3 Å². The largest absolute Gasteiger partial charge is 0.497 e. The average molecular weight is 460 g/mol. The van der Waals surface area contributed by atoms with Crippen LogP contribution < -0.4 is 15.4 Å². The molecule has 0 bridgehead atoms. The van der Waals surface area contributed by atoms with Gasteiger partial charge in [-0.25, -0.2) is 4.98 Å². The Morgan fingerprint density at radius 2 is 1.94 bits per heavy atom. The van der Waals surface area contributed by atoms with Crippen LogP contribution in [0.4, 0.5) is 5.69 Å². The lowest BCUT2D eigenvalue weighted by atomic mass is 9.98. The molecule has 0 fully saturated rings. The molecule has 33 heavy (non-hydrogen) atoms. The SMILES string of the molecule is CCC(C)c1ccc2oc(-c3cccc(NC(=S)NC(=O)c4cccc(OC)c4)c3)nc2c1. The van der Waals surface area contributed by atoms with E-state index in [0.29, 0.717) is 28.8 Å². The second-order valence-electron chi connectivity index (χ2n) is 7.78. The molecule has 4 rings (SSSR count). The Bertz CT molecular complexity index is 1320. The summed E-state index contributed by atoms with van der Waals surface area (Å²) in [5.74, 6) is 1.28. The summed E-state index contributed by atoms with van der Waals surface area (Å²) < 4.78 is 11.1. The zero-order valence-corrected chi connectivity index (χ0v) is 19.5. The summed E-state index contributed by atoms with van der Waals surface area (Å²) in [6, 6.07) is 20.6. The molecule has 3 aromatic carbocycles. The molecule has 0 aliphatic heterocycles. The molecular weight excluding hydrogens is 434 g/mol. The van der Waals surface area contributed by atoms with E-state index in [4.69, 9.17) is 21.4 Å². The zero-order chi connectivity index (χ0) is 23.4. The molecule has 0 aliphatic rings. The van der Waals surface area contributed by atoms with Gasteiger partial charge in [-0.15, -0.1) is 0 Å². The molecule has 0 saturated carbocycles. The Morgan fingerprint density at radius 3 is 2.73 bits per heavy atom. The lowest BCUT2D eigenvalue weighted by Crippen LogP contribution is -2.34. The number of benzene rings is 3. The number of ether oxygens (including phenoxy) is 1. The lowest BCUT2D eigenvalue weighted by Gasteiger charge is -2.10. The Balaban J connectivity index is 1.48. The standard InChI is InChI=1S/C26H25N3O3S/c1-4-16(2)17-11-12-23-22(15-17)28-25(32-23)19-8-5-9-20(13-19)27-26(33)29-24(30)18-7-6-10-21(14-18)31-3/h5-16H,4H2,1-3H3,(H2,27,29,30,33). The maximum Gasteiger partial charge on any atom is 0.257 e. The summed E-state index contributed by atoms with van der Waals surface area (Å²) in [7, 11) is 1.55. The number of oxazole rings is 1. The van der Waals surface area contributed by atoms with Gasteiger partial charge >= 0.3 is 0 Å². The summed E-state index contributed by atoms with van der Waals surface area (Å²) in [5, 5.41) is 5.92. The number of anilines is 1. The molecule has 6 nitrogen and oxygen atoms in total. The van der Waals surface area contributed by atoms with Crippen molar-refractivity contribution in [2.45, 2.75) is 26.2 Å². The van der Waals surface area contributed by atoms with E-state index in [0.717, 1.165) is 23.1 Å². The van der Waals surface area contributed by atoms with Gasteiger partial charge in [-0.2, -0.15) is 0 Å². The van der Waals surface area contributed by atoms with E-state index in [1.807, 2.05) is 30.3 Å². The molecule has 0 saturated heterocycles. The number of nitrogens with zero attached hydrogens (tertiary/aromatic N) is 1. The number of methoxy groups -OCH3 is 1. The van der Waals surface area contributed by atoms with E-state index in [1.54, 1.807) is 31.4 Å². The molecule has 2 N–H and O–H groups in total. The highest BCUT2D eigenvalue weighted by Gasteiger charge is 2.13. The first-order chi connectivity index (χ1) is 16.0. The first-order valence-corrected chi connectivity index (χ1v) is 11.1. The van der Waals surface area contributed by atoms with E-state index >= 15 is 0 Å². The van der Waals surface area contributed by atoms with Gasteiger partial charge in [-0.1, -0.05) is 32.0 Å². The predicted molar refractivity (Wildman–Crippen MR) is 135 cm³/mol. The van der Waals surface area contributed by atoms with Gasteiger partial charge in [0.1, 0.15) is 11.3 Å². The molecule has 0 radical (unpaired) electrons. The number of amides is 1. The quantitative estimate of drug-likeness (QED) is 0.337. The maximum atomic E-state index is 12.5. The number of aromatic nitrogens is 1. The van der Waals surface area contributed by atoms with Gasteiger partial charge < -0.3 is 14.5 Å². The topological polar surface area (TPSA) is 76.4 Å². The zero-order valence-electron chi connectivity index (χ0n) is 18.7. The third kappa shape index (κ3) is 5.21. The van der Waals surface area contributed by atoms with Gasteiger partial charge in [0.05, 0.1) is 7.11 Å². The number of carbonyl (C=O) groups is 1. The van der Waals surface area contributed by atoms with Crippen LogP contribution in [0.5, 0.6) is 5.75 Å². The third-order valence-corrected chi connectivity index (χ3v) is 5.72. The summed E-state index contributed by atoms with van der Waals surface area (Å²) in [5.41, 5.74) is 4.81. The van der Waals surface area contributed by atoms with Crippen molar-refractivity contribution in [3.63, 3.8) is 0 Å². The molecule has 7 heteroatoms. The lowest BCUT2D eigenvalue weighted by molar-refractivity contribution is 0.0977. The van der Waals surface area contributed by atoms with Crippen LogP contribution in [0.1, 0.15) is 42.1 Å². The molecule has 168 valence electrons. The fourth-order valence-electron chi connectivity index (χ4n) is 3.44. The summed E-state index contributed by atoms with van der Waals surface area (Å²) >= 11 is 5.32. The smallest absolute Gasteiger partial charge is 0.257 e. The highest BCUT2D eigenvalue weighted by Crippen LogP contribution is 2.29. The van der Waals surface area contributed by atoms with Crippen LogP contribution in [0.2, 0.25) is 0 Å². The number of rotatable bonds is 6. The van der Waals surface area contributed by atoms with E-state index in [9.17, 15) is 4.79 Å². The number of hydrogen-bond acceptors (Lipinski definition) is 5. The molecule has 1 aromatic heterocycles. The van der Waals surface area contributed by atoms with Crippen molar-refractivity contribution in [3.05, 3.63) is 77.9 Å². The molecule has 1 atom stereocenters. The monoisotopic (exact) mass is 459 g/mol. The van der Waals surface area contributed by atoms with Gasteiger partial charge in [0.15, 0.2) is 10.7 Å². The minimum absolute atomic E-state index is 0.190. The van der Waals surface area contributed by atoms with Gasteiger partial charge in [0, 0.05) is 16.8 Å². The highest BCUT2D eigenvalue weighted by molar-refractivity contribution is 7.80. The number of carbonyl (C=O) groups excluding carboxylic acids is 1. The number of nitrogens with one attached hydrogen (secondary N) is 2. The van der Waals surface area contributed by atoms with E-state index < -0.39 is 0 Å². The average Bonchev–Trinajstić information content (AvgIpc) is 3.27. The second-order valence-corrected chi connectivity index (χ2v) is 8.18. The van der Waals surface area contributed by atoms with Crippen molar-refractivity contribution in [1.29, 1.82) is 0 Å². The van der Waals surface area contributed by atoms with Crippen LogP contribution in [0, 0.1) is 0 Å². The van der Waals surface area contributed by atoms with Gasteiger partial charge in [0.2, 0.25) is 5.89 Å². The second kappa shape index (κ2) is 9.83. The summed E-state index contributed by atoms with van der Waals surface area (Å²) in [6.07, 6.45) is 1.07. The summed E-state index contributed by atoms with van der Waals surface area (Å²) in [6.45, 7) is 4.37. The number of thiocarbonyl (C=S) groups is 1. The minimum Gasteiger partial charge on any atom is -0.497 e. The fourth-order valence-corrected chi connectivity index (χ4v) is 3.65. The first-order valence-electron chi connectivity index (χ1n) is 10.7. The Labute approximate surface area is 198 Å². The van der Waals surface area contributed by atoms with E-state index in [2.05, 4.69) is 41.6 Å².